The van der Waals surface area contributed by atoms with E-state index in [9.17, 15) is 0 Å². The standard InChI is InChI=1S/C13H17N3O2/c14-9-11-3-1-5-13(16-11)15-6-8-17-10-12-4-2-7-18-12/h1,3,5,12H,2,4,6-8,10H2,(H,15,16). The molecule has 1 unspecified atom stereocenters. The highest BCUT2D eigenvalue weighted by atomic mass is 16.5. The minimum absolute atomic E-state index is 0.269. The molecule has 0 radical (unpaired) electrons. The van der Waals surface area contributed by atoms with Gasteiger partial charge in [-0.1, -0.05) is 6.07 Å². The highest BCUT2D eigenvalue weighted by Gasteiger charge is 2.14. The van der Waals surface area contributed by atoms with Crippen LogP contribution in [0.1, 0.15) is 18.5 Å². The van der Waals surface area contributed by atoms with Gasteiger partial charge in [-0.15, -0.1) is 0 Å². The van der Waals surface area contributed by atoms with Crippen molar-refractivity contribution in [2.24, 2.45) is 0 Å². The summed E-state index contributed by atoms with van der Waals surface area (Å²) < 4.78 is 11.0. The molecule has 1 aromatic heterocycles. The van der Waals surface area contributed by atoms with Crippen LogP contribution in [-0.4, -0.2) is 37.5 Å². The molecule has 1 aliphatic heterocycles. The lowest BCUT2D eigenvalue weighted by atomic mass is 10.2. The maximum absolute atomic E-state index is 8.71. The van der Waals surface area contributed by atoms with Crippen LogP contribution in [0.25, 0.3) is 0 Å². The molecule has 2 heterocycles. The van der Waals surface area contributed by atoms with Gasteiger partial charge in [-0.25, -0.2) is 4.98 Å². The Bertz CT molecular complexity index is 411. The molecule has 2 rings (SSSR count). The highest BCUT2D eigenvalue weighted by molar-refractivity contribution is 5.38. The first kappa shape index (κ1) is 12.8. The van der Waals surface area contributed by atoms with E-state index in [1.165, 1.54) is 0 Å². The first-order chi connectivity index (χ1) is 8.88. The van der Waals surface area contributed by atoms with Crippen LogP contribution in [0.3, 0.4) is 0 Å². The fourth-order valence-corrected chi connectivity index (χ4v) is 1.84. The molecule has 1 atom stereocenters. The third-order valence-corrected chi connectivity index (χ3v) is 2.74. The summed E-state index contributed by atoms with van der Waals surface area (Å²) in [5, 5.41) is 11.8. The van der Waals surface area contributed by atoms with Crippen LogP contribution in [0.2, 0.25) is 0 Å². The van der Waals surface area contributed by atoms with Gasteiger partial charge in [0.1, 0.15) is 17.6 Å². The van der Waals surface area contributed by atoms with Crippen molar-refractivity contribution in [1.29, 1.82) is 5.26 Å². The predicted octanol–water partition coefficient (Wildman–Crippen LogP) is 1.56. The van der Waals surface area contributed by atoms with E-state index in [1.807, 2.05) is 12.1 Å². The average Bonchev–Trinajstić information content (AvgIpc) is 2.92. The Labute approximate surface area is 107 Å². The fraction of sp³-hybridized carbons (Fsp3) is 0.538. The minimum atomic E-state index is 0.269. The summed E-state index contributed by atoms with van der Waals surface area (Å²) >= 11 is 0. The van der Waals surface area contributed by atoms with E-state index in [2.05, 4.69) is 10.3 Å². The lowest BCUT2D eigenvalue weighted by Crippen LogP contribution is -2.18. The number of ether oxygens (including phenoxy) is 2. The second-order valence-electron chi connectivity index (χ2n) is 4.16. The van der Waals surface area contributed by atoms with Gasteiger partial charge < -0.3 is 14.8 Å². The van der Waals surface area contributed by atoms with E-state index in [0.717, 1.165) is 19.4 Å². The topological polar surface area (TPSA) is 67.2 Å². The lowest BCUT2D eigenvalue weighted by Gasteiger charge is -2.10. The first-order valence-electron chi connectivity index (χ1n) is 6.19. The van der Waals surface area contributed by atoms with Crippen molar-refractivity contribution >= 4 is 5.82 Å². The minimum Gasteiger partial charge on any atom is -0.377 e. The highest BCUT2D eigenvalue weighted by Crippen LogP contribution is 2.11. The Kier molecular flexibility index (Phi) is 4.94. The number of rotatable bonds is 6. The van der Waals surface area contributed by atoms with E-state index < -0.39 is 0 Å². The van der Waals surface area contributed by atoms with Gasteiger partial charge in [0.25, 0.3) is 0 Å². The van der Waals surface area contributed by atoms with Crippen LogP contribution in [-0.2, 0) is 9.47 Å². The van der Waals surface area contributed by atoms with Crippen LogP contribution < -0.4 is 5.32 Å². The van der Waals surface area contributed by atoms with Crippen molar-refractivity contribution in [2.75, 3.05) is 31.7 Å². The number of hydrogen-bond acceptors (Lipinski definition) is 5. The lowest BCUT2D eigenvalue weighted by molar-refractivity contribution is 0.0206. The number of hydrogen-bond donors (Lipinski definition) is 1. The third kappa shape index (κ3) is 3.99. The van der Waals surface area contributed by atoms with Gasteiger partial charge in [0.15, 0.2) is 0 Å². The van der Waals surface area contributed by atoms with Crippen LogP contribution in [0.4, 0.5) is 5.82 Å². The second-order valence-corrected chi connectivity index (χ2v) is 4.16. The molecule has 1 N–H and O–H groups in total. The maximum atomic E-state index is 8.71. The van der Waals surface area contributed by atoms with E-state index in [-0.39, 0.29) is 6.10 Å². The van der Waals surface area contributed by atoms with Crippen molar-refractivity contribution in [3.8, 4) is 6.07 Å². The number of anilines is 1. The molecular weight excluding hydrogens is 230 g/mol. The number of nitriles is 1. The summed E-state index contributed by atoms with van der Waals surface area (Å²) in [5.74, 6) is 0.703. The van der Waals surface area contributed by atoms with Gasteiger partial charge >= 0.3 is 0 Å². The van der Waals surface area contributed by atoms with Crippen LogP contribution in [0.15, 0.2) is 18.2 Å². The molecule has 96 valence electrons. The van der Waals surface area contributed by atoms with Gasteiger partial charge in [0, 0.05) is 13.2 Å². The average molecular weight is 247 g/mol. The molecule has 0 spiro atoms. The SMILES string of the molecule is N#Cc1cccc(NCCOCC2CCCO2)n1. The summed E-state index contributed by atoms with van der Waals surface area (Å²) in [6.45, 7) is 2.80. The van der Waals surface area contributed by atoms with Crippen molar-refractivity contribution in [2.45, 2.75) is 18.9 Å². The zero-order chi connectivity index (χ0) is 12.6. The number of pyridine rings is 1. The first-order valence-corrected chi connectivity index (χ1v) is 6.19. The monoisotopic (exact) mass is 247 g/mol. The van der Waals surface area contributed by atoms with E-state index >= 15 is 0 Å². The summed E-state index contributed by atoms with van der Waals surface area (Å²) in [6, 6.07) is 7.33. The molecule has 0 saturated carbocycles. The molecule has 5 heteroatoms. The molecule has 5 nitrogen and oxygen atoms in total. The molecule has 1 saturated heterocycles. The van der Waals surface area contributed by atoms with E-state index in [0.29, 0.717) is 31.3 Å². The predicted molar refractivity (Wildman–Crippen MR) is 67.2 cm³/mol. The largest absolute Gasteiger partial charge is 0.377 e. The Morgan fingerprint density at radius 2 is 2.50 bits per heavy atom. The number of nitrogens with one attached hydrogen (secondary N) is 1. The second kappa shape index (κ2) is 6.94. The molecule has 1 fully saturated rings. The van der Waals surface area contributed by atoms with Gasteiger partial charge in [-0.2, -0.15) is 5.26 Å². The van der Waals surface area contributed by atoms with Crippen molar-refractivity contribution in [1.82, 2.24) is 4.98 Å². The van der Waals surface area contributed by atoms with E-state index in [4.69, 9.17) is 14.7 Å². The summed E-state index contributed by atoms with van der Waals surface area (Å²) in [5.41, 5.74) is 0.417. The molecule has 0 aliphatic carbocycles. The Morgan fingerprint density at radius 3 is 3.28 bits per heavy atom. The summed E-state index contributed by atoms with van der Waals surface area (Å²) in [6.07, 6.45) is 2.50. The maximum Gasteiger partial charge on any atom is 0.142 e. The third-order valence-electron chi connectivity index (χ3n) is 2.74. The molecule has 0 aromatic carbocycles. The Morgan fingerprint density at radius 1 is 1.56 bits per heavy atom. The zero-order valence-electron chi connectivity index (χ0n) is 10.3. The molecule has 18 heavy (non-hydrogen) atoms. The molecular formula is C13H17N3O2. The molecule has 0 amide bonds. The van der Waals surface area contributed by atoms with Gasteiger partial charge in [-0.3, -0.25) is 0 Å². The van der Waals surface area contributed by atoms with Crippen LogP contribution in [0, 0.1) is 11.3 Å². The van der Waals surface area contributed by atoms with Gasteiger partial charge in [0.2, 0.25) is 0 Å². The smallest absolute Gasteiger partial charge is 0.142 e. The fourth-order valence-electron chi connectivity index (χ4n) is 1.84. The quantitative estimate of drug-likeness (QED) is 0.773. The molecule has 0 bridgehead atoms. The number of aromatic nitrogens is 1. The van der Waals surface area contributed by atoms with Crippen LogP contribution in [0.5, 0.6) is 0 Å². The number of nitrogens with zero attached hydrogens (tertiary/aromatic N) is 2. The van der Waals surface area contributed by atoms with Gasteiger partial charge in [0.05, 0.1) is 19.3 Å². The van der Waals surface area contributed by atoms with Crippen molar-refractivity contribution in [3.05, 3.63) is 23.9 Å². The summed E-state index contributed by atoms with van der Waals surface area (Å²) in [4.78, 5) is 4.11. The zero-order valence-corrected chi connectivity index (χ0v) is 10.3. The van der Waals surface area contributed by atoms with Crippen molar-refractivity contribution < 1.29 is 9.47 Å². The van der Waals surface area contributed by atoms with Crippen LogP contribution >= 0.6 is 0 Å². The molecule has 1 aliphatic rings. The molecule has 1 aromatic rings. The Hall–Kier alpha value is -1.64. The summed E-state index contributed by atoms with van der Waals surface area (Å²) in [7, 11) is 0. The van der Waals surface area contributed by atoms with Crippen molar-refractivity contribution in [3.63, 3.8) is 0 Å². The Balaban J connectivity index is 1.61. The van der Waals surface area contributed by atoms with Gasteiger partial charge in [-0.05, 0) is 25.0 Å². The van der Waals surface area contributed by atoms with E-state index in [1.54, 1.807) is 12.1 Å². The normalized spacial score (nSPS) is 18.5.